The third-order valence-electron chi connectivity index (χ3n) is 6.94. The van der Waals surface area contributed by atoms with Crippen molar-refractivity contribution in [3.63, 3.8) is 0 Å². The monoisotopic (exact) mass is 466 g/mol. The molecule has 0 radical (unpaired) electrons. The van der Waals surface area contributed by atoms with Gasteiger partial charge in [-0.3, -0.25) is 0 Å². The van der Waals surface area contributed by atoms with Crippen molar-refractivity contribution in [2.75, 3.05) is 20.3 Å². The zero-order chi connectivity index (χ0) is 23.7. The topological polar surface area (TPSA) is 239 Å². The Bertz CT molecular complexity index is 605. The molecule has 0 amide bonds. The molecule has 13 nitrogen and oxygen atoms in total. The van der Waals surface area contributed by atoms with E-state index in [4.69, 9.17) is 31.4 Å². The van der Waals surface area contributed by atoms with Gasteiger partial charge in [-0.1, -0.05) is 0 Å². The van der Waals surface area contributed by atoms with Crippen molar-refractivity contribution in [2.45, 2.75) is 92.1 Å². The molecule has 2 saturated carbocycles. The van der Waals surface area contributed by atoms with Gasteiger partial charge >= 0.3 is 0 Å². The van der Waals surface area contributed by atoms with Crippen LogP contribution in [0.1, 0.15) is 12.8 Å². The average Bonchev–Trinajstić information content (AvgIpc) is 2.75. The smallest absolute Gasteiger partial charge is 0.185 e. The van der Waals surface area contributed by atoms with Gasteiger partial charge in [0.25, 0.3) is 0 Å². The Morgan fingerprint density at radius 3 is 2.09 bits per heavy atom. The van der Waals surface area contributed by atoms with Crippen molar-refractivity contribution in [3.05, 3.63) is 0 Å². The molecule has 3 aliphatic rings. The van der Waals surface area contributed by atoms with Crippen LogP contribution in [-0.2, 0) is 14.2 Å². The van der Waals surface area contributed by atoms with E-state index in [0.29, 0.717) is 0 Å². The van der Waals surface area contributed by atoms with Crippen molar-refractivity contribution in [1.82, 2.24) is 5.32 Å². The van der Waals surface area contributed by atoms with Crippen molar-refractivity contribution in [1.29, 1.82) is 0 Å². The van der Waals surface area contributed by atoms with Crippen molar-refractivity contribution < 1.29 is 44.8 Å². The number of rotatable bonds is 6. The number of ether oxygens (including phenoxy) is 3. The zero-order valence-electron chi connectivity index (χ0n) is 18.1. The summed E-state index contributed by atoms with van der Waals surface area (Å²) in [5, 5.41) is 64.0. The summed E-state index contributed by atoms with van der Waals surface area (Å²) in [6.45, 7) is -0.444. The van der Waals surface area contributed by atoms with Crippen LogP contribution in [-0.4, -0.2) is 130 Å². The molecule has 0 bridgehead atoms. The van der Waals surface area contributed by atoms with Crippen molar-refractivity contribution >= 4 is 0 Å². The van der Waals surface area contributed by atoms with E-state index in [0.717, 1.165) is 0 Å². The Morgan fingerprint density at radius 2 is 1.50 bits per heavy atom. The third-order valence-corrected chi connectivity index (χ3v) is 6.94. The quantitative estimate of drug-likeness (QED) is 0.176. The van der Waals surface area contributed by atoms with E-state index in [-0.39, 0.29) is 26.1 Å². The number of hydrogen-bond donors (Lipinski definition) is 10. The van der Waals surface area contributed by atoms with Gasteiger partial charge in [0.05, 0.1) is 43.1 Å². The van der Waals surface area contributed by atoms with E-state index >= 15 is 0 Å². The predicted octanol–water partition coefficient (Wildman–Crippen LogP) is -5.73. The Labute approximate surface area is 186 Å². The fraction of sp³-hybridized carbons (Fsp3) is 1.00. The molecule has 14 atom stereocenters. The Morgan fingerprint density at radius 1 is 0.875 bits per heavy atom. The highest BCUT2D eigenvalue weighted by atomic mass is 16.7. The van der Waals surface area contributed by atoms with Gasteiger partial charge in [-0.2, -0.15) is 0 Å². The average molecular weight is 467 g/mol. The molecule has 0 spiro atoms. The van der Waals surface area contributed by atoms with Gasteiger partial charge in [0.2, 0.25) is 0 Å². The minimum Gasteiger partial charge on any atom is -0.396 e. The second-order valence-electron chi connectivity index (χ2n) is 9.10. The van der Waals surface area contributed by atoms with E-state index in [1.54, 1.807) is 7.05 Å². The lowest BCUT2D eigenvalue weighted by molar-refractivity contribution is -0.286. The van der Waals surface area contributed by atoms with Crippen LogP contribution in [0.25, 0.3) is 0 Å². The fourth-order valence-corrected chi connectivity index (χ4v) is 4.92. The molecule has 32 heavy (non-hydrogen) atoms. The van der Waals surface area contributed by atoms with Crippen LogP contribution >= 0.6 is 0 Å². The first kappa shape index (κ1) is 26.1. The molecule has 188 valence electrons. The van der Waals surface area contributed by atoms with Crippen molar-refractivity contribution in [2.24, 2.45) is 23.1 Å². The summed E-state index contributed by atoms with van der Waals surface area (Å²) in [4.78, 5) is 0. The molecule has 13 N–H and O–H groups in total. The predicted molar refractivity (Wildman–Crippen MR) is 110 cm³/mol. The Kier molecular flexibility index (Phi) is 8.82. The molecule has 3 rings (SSSR count). The highest BCUT2D eigenvalue weighted by molar-refractivity contribution is 5.02. The highest BCUT2D eigenvalue weighted by Gasteiger charge is 2.50. The third kappa shape index (κ3) is 5.10. The normalized spacial score (nSPS) is 52.7. The van der Waals surface area contributed by atoms with E-state index in [1.807, 2.05) is 0 Å². The first-order valence-electron chi connectivity index (χ1n) is 11.0. The summed E-state index contributed by atoms with van der Waals surface area (Å²) in [6.07, 6.45) is -9.48. The summed E-state index contributed by atoms with van der Waals surface area (Å²) < 4.78 is 17.2. The van der Waals surface area contributed by atoms with Crippen LogP contribution < -0.4 is 22.5 Å². The van der Waals surface area contributed by atoms with Crippen molar-refractivity contribution in [3.8, 4) is 0 Å². The second-order valence-corrected chi connectivity index (χ2v) is 9.10. The first-order valence-corrected chi connectivity index (χ1v) is 11.0. The van der Waals surface area contributed by atoms with Crippen LogP contribution in [0.4, 0.5) is 0 Å². The van der Waals surface area contributed by atoms with Gasteiger partial charge in [-0.15, -0.1) is 0 Å². The lowest BCUT2D eigenvalue weighted by atomic mass is 9.79. The maximum atomic E-state index is 11.0. The van der Waals surface area contributed by atoms with Crippen LogP contribution in [0.2, 0.25) is 0 Å². The minimum atomic E-state index is -1.31. The SMILES string of the molecule is CN[C@@H]1[C@@H](O)[C@@H](O[C@@H]2[C@@H](O)[C@H](O[C@H]3C[C@H](CO)[C@@H](O)[C@H](O)[C@H]3N)[C@@H](N)C[C@H]2N)OC[C@H]1O. The second kappa shape index (κ2) is 10.8. The number of aliphatic hydroxyl groups excluding tert-OH is 6. The van der Waals surface area contributed by atoms with Gasteiger partial charge in [0, 0.05) is 24.6 Å². The van der Waals surface area contributed by atoms with Gasteiger partial charge in [0.1, 0.15) is 24.4 Å². The molecular weight excluding hydrogens is 428 g/mol. The number of likely N-dealkylation sites (N-methyl/N-ethyl adjacent to an activating group) is 1. The molecule has 2 aliphatic carbocycles. The van der Waals surface area contributed by atoms with E-state index in [9.17, 15) is 30.6 Å². The lowest BCUT2D eigenvalue weighted by Gasteiger charge is -2.48. The molecule has 0 aromatic carbocycles. The molecule has 0 aromatic rings. The van der Waals surface area contributed by atoms with Gasteiger partial charge in [0.15, 0.2) is 6.29 Å². The molecule has 1 saturated heterocycles. The zero-order valence-corrected chi connectivity index (χ0v) is 18.1. The van der Waals surface area contributed by atoms with Gasteiger partial charge in [-0.25, -0.2) is 0 Å². The molecule has 13 heteroatoms. The van der Waals surface area contributed by atoms with E-state index in [2.05, 4.69) is 5.32 Å². The Balaban J connectivity index is 1.70. The minimum absolute atomic E-state index is 0.0789. The maximum absolute atomic E-state index is 11.0. The highest BCUT2D eigenvalue weighted by Crippen LogP contribution is 2.32. The summed E-state index contributed by atoms with van der Waals surface area (Å²) in [5.74, 6) is -0.642. The molecular formula is C19H38N4O9. The van der Waals surface area contributed by atoms with Crippen LogP contribution in [0.5, 0.6) is 0 Å². The number of nitrogens with one attached hydrogen (secondary N) is 1. The lowest BCUT2D eigenvalue weighted by Crippen LogP contribution is -2.67. The maximum Gasteiger partial charge on any atom is 0.185 e. The standard InChI is InChI=1S/C19H38N4O9/c1-23-12-9(25)5-30-19(15(12)28)32-18-8(21)3-7(20)17(16(18)29)31-10-2-6(4-24)13(26)14(27)11(10)22/h6-19,23-29H,2-5,20-22H2,1H3/t6-,7+,8-,9-,10+,11+,12+,13-,14-,15-,16+,17-,18+,19-/m1/s1. The summed E-state index contributed by atoms with van der Waals surface area (Å²) in [5.41, 5.74) is 18.4. The number of hydrogen-bond acceptors (Lipinski definition) is 13. The molecule has 3 fully saturated rings. The Hall–Kier alpha value is -0.520. The van der Waals surface area contributed by atoms with Gasteiger partial charge < -0.3 is 67.4 Å². The largest absolute Gasteiger partial charge is 0.396 e. The first-order chi connectivity index (χ1) is 15.1. The summed E-state index contributed by atoms with van der Waals surface area (Å²) >= 11 is 0. The molecule has 0 aromatic heterocycles. The number of aliphatic hydroxyl groups is 6. The molecule has 0 unspecified atom stereocenters. The molecule has 1 heterocycles. The number of nitrogens with two attached hydrogens (primary N) is 3. The summed E-state index contributed by atoms with van der Waals surface area (Å²) in [7, 11) is 1.59. The fourth-order valence-electron chi connectivity index (χ4n) is 4.92. The van der Waals surface area contributed by atoms with Crippen LogP contribution in [0.15, 0.2) is 0 Å². The van der Waals surface area contributed by atoms with E-state index in [1.165, 1.54) is 0 Å². The van der Waals surface area contributed by atoms with Gasteiger partial charge in [-0.05, 0) is 19.9 Å². The summed E-state index contributed by atoms with van der Waals surface area (Å²) in [6, 6.07) is -3.01. The molecule has 1 aliphatic heterocycles. The van der Waals surface area contributed by atoms with Crippen LogP contribution in [0.3, 0.4) is 0 Å². The van der Waals surface area contributed by atoms with E-state index < -0.39 is 85.2 Å². The van der Waals surface area contributed by atoms with Crippen LogP contribution in [0, 0.1) is 5.92 Å².